The Kier molecular flexibility index (Phi) is 3.28. The first-order valence-electron chi connectivity index (χ1n) is 5.29. The number of hydrogen-bond acceptors (Lipinski definition) is 5. The molecule has 1 fully saturated rings. The van der Waals surface area contributed by atoms with E-state index in [1.54, 1.807) is 0 Å². The van der Waals surface area contributed by atoms with Gasteiger partial charge in [-0.05, 0) is 0 Å². The summed E-state index contributed by atoms with van der Waals surface area (Å²) in [6.45, 7) is 1.50. The van der Waals surface area contributed by atoms with Crippen LogP contribution in [0.15, 0.2) is 15.8 Å². The Morgan fingerprint density at radius 1 is 1.61 bits per heavy atom. The van der Waals surface area contributed by atoms with Crippen LogP contribution in [-0.2, 0) is 14.3 Å². The van der Waals surface area contributed by atoms with E-state index in [4.69, 9.17) is 9.47 Å². The zero-order chi connectivity index (χ0) is 13.3. The SMILES string of the molecule is CC(=O)O[C@H]1CCO[C@H]1n1cc(F)c(=O)[nH]c1=O. The van der Waals surface area contributed by atoms with Crippen LogP contribution in [0.25, 0.3) is 0 Å². The zero-order valence-corrected chi connectivity index (χ0v) is 9.51. The molecule has 0 bridgehead atoms. The number of carbonyl (C=O) groups is 1. The summed E-state index contributed by atoms with van der Waals surface area (Å²) in [5, 5.41) is 0. The number of rotatable bonds is 2. The minimum Gasteiger partial charge on any atom is -0.458 e. The van der Waals surface area contributed by atoms with Gasteiger partial charge in [-0.3, -0.25) is 19.1 Å². The standard InChI is InChI=1S/C10H11FN2O5/c1-5(14)18-7-2-3-17-9(7)13-4-6(11)8(15)12-10(13)16/h4,7,9H,2-3H2,1H3,(H,12,15,16)/t7-,9+/m0/s1. The Bertz CT molecular complexity index is 578. The second-order valence-corrected chi connectivity index (χ2v) is 3.84. The Morgan fingerprint density at radius 3 is 3.00 bits per heavy atom. The van der Waals surface area contributed by atoms with Crippen molar-refractivity contribution in [2.75, 3.05) is 6.61 Å². The molecule has 18 heavy (non-hydrogen) atoms. The molecule has 2 atom stereocenters. The Balaban J connectivity index is 2.36. The van der Waals surface area contributed by atoms with E-state index in [2.05, 4.69) is 0 Å². The fraction of sp³-hybridized carbons (Fsp3) is 0.500. The van der Waals surface area contributed by atoms with E-state index in [1.807, 2.05) is 4.98 Å². The van der Waals surface area contributed by atoms with Crippen LogP contribution < -0.4 is 11.2 Å². The van der Waals surface area contributed by atoms with Crippen molar-refractivity contribution in [2.24, 2.45) is 0 Å². The Hall–Kier alpha value is -1.96. The predicted molar refractivity (Wildman–Crippen MR) is 56.4 cm³/mol. The molecule has 8 heteroatoms. The average molecular weight is 258 g/mol. The Labute approximate surface area is 100 Å². The lowest BCUT2D eigenvalue weighted by atomic mass is 10.2. The summed E-state index contributed by atoms with van der Waals surface area (Å²) in [4.78, 5) is 35.1. The molecule has 1 aromatic rings. The highest BCUT2D eigenvalue weighted by Crippen LogP contribution is 2.25. The number of H-pyrrole nitrogens is 1. The molecule has 0 aromatic carbocycles. The van der Waals surface area contributed by atoms with Gasteiger partial charge in [0, 0.05) is 13.3 Å². The van der Waals surface area contributed by atoms with Gasteiger partial charge in [0.05, 0.1) is 12.8 Å². The van der Waals surface area contributed by atoms with E-state index in [1.165, 1.54) is 6.92 Å². The maximum Gasteiger partial charge on any atom is 0.330 e. The van der Waals surface area contributed by atoms with Gasteiger partial charge in [0.2, 0.25) is 5.82 Å². The van der Waals surface area contributed by atoms with Crippen LogP contribution in [0.5, 0.6) is 0 Å². The van der Waals surface area contributed by atoms with Crippen molar-refractivity contribution < 1.29 is 18.7 Å². The summed E-state index contributed by atoms with van der Waals surface area (Å²) in [6.07, 6.45) is -0.455. The van der Waals surface area contributed by atoms with Crippen LogP contribution in [0.4, 0.5) is 4.39 Å². The van der Waals surface area contributed by atoms with Crippen molar-refractivity contribution in [2.45, 2.75) is 25.7 Å². The van der Waals surface area contributed by atoms with E-state index in [9.17, 15) is 18.8 Å². The molecule has 2 rings (SSSR count). The van der Waals surface area contributed by atoms with Gasteiger partial charge in [-0.25, -0.2) is 4.79 Å². The van der Waals surface area contributed by atoms with Gasteiger partial charge in [-0.2, -0.15) is 4.39 Å². The van der Waals surface area contributed by atoms with Gasteiger partial charge < -0.3 is 9.47 Å². The third-order valence-electron chi connectivity index (χ3n) is 2.52. The summed E-state index contributed by atoms with van der Waals surface area (Å²) in [7, 11) is 0. The van der Waals surface area contributed by atoms with Crippen LogP contribution in [0.1, 0.15) is 19.6 Å². The predicted octanol–water partition coefficient (Wildman–Crippen LogP) is -0.474. The lowest BCUT2D eigenvalue weighted by Crippen LogP contribution is -2.37. The summed E-state index contributed by atoms with van der Waals surface area (Å²) in [5.41, 5.74) is -1.91. The van der Waals surface area contributed by atoms with E-state index >= 15 is 0 Å². The number of aromatic nitrogens is 2. The van der Waals surface area contributed by atoms with E-state index in [0.717, 1.165) is 10.8 Å². The molecule has 0 amide bonds. The maximum atomic E-state index is 13.1. The van der Waals surface area contributed by atoms with E-state index in [0.29, 0.717) is 6.42 Å². The smallest absolute Gasteiger partial charge is 0.330 e. The fourth-order valence-corrected chi connectivity index (χ4v) is 1.79. The van der Waals surface area contributed by atoms with Crippen molar-refractivity contribution in [1.29, 1.82) is 0 Å². The van der Waals surface area contributed by atoms with Crippen LogP contribution in [0.3, 0.4) is 0 Å². The number of esters is 1. The highest BCUT2D eigenvalue weighted by molar-refractivity contribution is 5.66. The second-order valence-electron chi connectivity index (χ2n) is 3.84. The third kappa shape index (κ3) is 2.33. The van der Waals surface area contributed by atoms with Gasteiger partial charge in [-0.1, -0.05) is 0 Å². The monoisotopic (exact) mass is 258 g/mol. The minimum absolute atomic E-state index is 0.274. The van der Waals surface area contributed by atoms with Crippen molar-refractivity contribution in [3.8, 4) is 0 Å². The molecule has 0 saturated carbocycles. The summed E-state index contributed by atoms with van der Waals surface area (Å²) in [6, 6.07) is 0. The minimum atomic E-state index is -1.10. The number of nitrogens with one attached hydrogen (secondary N) is 1. The molecular formula is C10H11FN2O5. The Morgan fingerprint density at radius 2 is 2.33 bits per heavy atom. The topological polar surface area (TPSA) is 90.4 Å². The molecule has 0 aliphatic carbocycles. The van der Waals surface area contributed by atoms with Crippen LogP contribution >= 0.6 is 0 Å². The van der Waals surface area contributed by atoms with Crippen LogP contribution in [0.2, 0.25) is 0 Å². The molecule has 1 N–H and O–H groups in total. The van der Waals surface area contributed by atoms with Gasteiger partial charge in [0.15, 0.2) is 6.23 Å². The van der Waals surface area contributed by atoms with Crippen molar-refractivity contribution >= 4 is 5.97 Å². The first kappa shape index (κ1) is 12.5. The molecule has 7 nitrogen and oxygen atoms in total. The second kappa shape index (κ2) is 4.73. The number of nitrogens with zero attached hydrogens (tertiary/aromatic N) is 1. The zero-order valence-electron chi connectivity index (χ0n) is 9.51. The molecule has 2 heterocycles. The maximum absolute atomic E-state index is 13.1. The molecule has 1 saturated heterocycles. The lowest BCUT2D eigenvalue weighted by Gasteiger charge is -2.19. The van der Waals surface area contributed by atoms with Gasteiger partial charge >= 0.3 is 11.7 Å². The highest BCUT2D eigenvalue weighted by Gasteiger charge is 2.33. The molecule has 98 valence electrons. The molecular weight excluding hydrogens is 247 g/mol. The van der Waals surface area contributed by atoms with Crippen molar-refractivity contribution in [3.05, 3.63) is 32.9 Å². The number of ether oxygens (including phenoxy) is 2. The van der Waals surface area contributed by atoms with E-state index < -0.39 is 35.4 Å². The van der Waals surface area contributed by atoms with Gasteiger partial charge in [0.1, 0.15) is 6.10 Å². The quantitative estimate of drug-likeness (QED) is 0.724. The van der Waals surface area contributed by atoms with Crippen molar-refractivity contribution in [1.82, 2.24) is 9.55 Å². The lowest BCUT2D eigenvalue weighted by molar-refractivity contribution is -0.151. The fourth-order valence-electron chi connectivity index (χ4n) is 1.79. The van der Waals surface area contributed by atoms with Crippen molar-refractivity contribution in [3.63, 3.8) is 0 Å². The van der Waals surface area contributed by atoms with Gasteiger partial charge in [0.25, 0.3) is 5.56 Å². The molecule has 0 radical (unpaired) electrons. The molecule has 1 aromatic heterocycles. The molecule has 0 spiro atoms. The summed E-state index contributed by atoms with van der Waals surface area (Å²) >= 11 is 0. The summed E-state index contributed by atoms with van der Waals surface area (Å²) in [5.74, 6) is -1.62. The van der Waals surface area contributed by atoms with Gasteiger partial charge in [-0.15, -0.1) is 0 Å². The van der Waals surface area contributed by atoms with Crippen LogP contribution in [-0.4, -0.2) is 28.2 Å². The summed E-state index contributed by atoms with van der Waals surface area (Å²) < 4.78 is 24.2. The normalized spacial score (nSPS) is 23.0. The number of halogens is 1. The molecule has 0 unspecified atom stereocenters. The number of hydrogen-bond donors (Lipinski definition) is 1. The average Bonchev–Trinajstić information content (AvgIpc) is 2.70. The molecule has 1 aliphatic rings. The van der Waals surface area contributed by atoms with Crippen LogP contribution in [0, 0.1) is 5.82 Å². The number of aromatic amines is 1. The first-order chi connectivity index (χ1) is 8.49. The van der Waals surface area contributed by atoms with E-state index in [-0.39, 0.29) is 6.61 Å². The third-order valence-corrected chi connectivity index (χ3v) is 2.52. The molecule has 1 aliphatic heterocycles. The largest absolute Gasteiger partial charge is 0.458 e. The highest BCUT2D eigenvalue weighted by atomic mass is 19.1. The number of carbonyl (C=O) groups excluding carboxylic acids is 1. The first-order valence-corrected chi connectivity index (χ1v) is 5.29.